The number of benzene rings is 2. The molecular formula is C25H26FN5O4. The monoisotopic (exact) mass is 479 g/mol. The molecule has 10 heteroatoms. The van der Waals surface area contributed by atoms with Gasteiger partial charge in [0, 0.05) is 12.1 Å². The smallest absolute Gasteiger partial charge is 0.343 e. The maximum absolute atomic E-state index is 14.4. The summed E-state index contributed by atoms with van der Waals surface area (Å²) in [5, 5.41) is 6.03. The molecule has 4 rings (SSSR count). The molecule has 0 saturated heterocycles. The number of rotatable bonds is 8. The number of esters is 1. The number of methoxy groups -OCH3 is 1. The lowest BCUT2D eigenvalue weighted by Gasteiger charge is -2.23. The Balaban J connectivity index is 1.63. The van der Waals surface area contributed by atoms with Gasteiger partial charge in [-0.2, -0.15) is 4.98 Å². The van der Waals surface area contributed by atoms with Crippen LogP contribution >= 0.6 is 0 Å². The number of carbonyl (C=O) groups excluding carboxylic acids is 2. The summed E-state index contributed by atoms with van der Waals surface area (Å²) >= 11 is 0. The first-order valence-corrected chi connectivity index (χ1v) is 11.3. The van der Waals surface area contributed by atoms with E-state index in [0.717, 1.165) is 31.9 Å². The number of nitrogens with zero attached hydrogens (tertiary/aromatic N) is 2. The summed E-state index contributed by atoms with van der Waals surface area (Å²) in [4.78, 5) is 32.9. The topological polar surface area (TPSA) is 128 Å². The number of nitrogens with one attached hydrogen (secondary N) is 2. The van der Waals surface area contributed by atoms with Crippen LogP contribution in [0.25, 0.3) is 0 Å². The fraction of sp³-hybridized carbons (Fsp3) is 0.280. The number of primary amides is 1. The number of aromatic nitrogens is 2. The molecule has 182 valence electrons. The zero-order chi connectivity index (χ0) is 24.8. The minimum absolute atomic E-state index is 0.0395. The van der Waals surface area contributed by atoms with Crippen LogP contribution < -0.4 is 25.8 Å². The van der Waals surface area contributed by atoms with Crippen molar-refractivity contribution in [2.45, 2.75) is 38.1 Å². The van der Waals surface area contributed by atoms with Crippen molar-refractivity contribution in [3.63, 3.8) is 0 Å². The standard InChI is InChI=1S/C25H26FN5O4/c1-34-20-12-17(22(27)32)19(13-21(20)35-24(33)15-8-4-2-5-9-15)30-25-28-14-18(26)23(31-25)29-16-10-6-3-7-11-16/h2,4-5,8-9,12-14,16H,3,6-7,10-11H2,1H3,(H2,27,32)(H2,28,29,30,31). The fourth-order valence-corrected chi connectivity index (χ4v) is 3.93. The summed E-state index contributed by atoms with van der Waals surface area (Å²) in [5.41, 5.74) is 6.12. The van der Waals surface area contributed by atoms with Crippen molar-refractivity contribution in [3.8, 4) is 11.5 Å². The van der Waals surface area contributed by atoms with E-state index in [1.807, 2.05) is 0 Å². The number of halogens is 1. The minimum atomic E-state index is -0.755. The third kappa shape index (κ3) is 5.84. The van der Waals surface area contributed by atoms with E-state index in [1.165, 1.54) is 25.7 Å². The van der Waals surface area contributed by atoms with Crippen molar-refractivity contribution in [2.75, 3.05) is 17.7 Å². The van der Waals surface area contributed by atoms with Crippen molar-refractivity contribution < 1.29 is 23.5 Å². The Hall–Kier alpha value is -4.21. The van der Waals surface area contributed by atoms with Gasteiger partial charge in [-0.25, -0.2) is 14.2 Å². The second kappa shape index (κ2) is 10.8. The molecule has 9 nitrogen and oxygen atoms in total. The highest BCUT2D eigenvalue weighted by atomic mass is 19.1. The largest absolute Gasteiger partial charge is 0.493 e. The molecule has 1 aliphatic carbocycles. The van der Waals surface area contributed by atoms with Gasteiger partial charge in [-0.15, -0.1) is 0 Å². The van der Waals surface area contributed by atoms with Crippen LogP contribution in [0.3, 0.4) is 0 Å². The van der Waals surface area contributed by atoms with Gasteiger partial charge in [0.05, 0.1) is 30.1 Å². The Morgan fingerprint density at radius 3 is 2.51 bits per heavy atom. The number of ether oxygens (including phenoxy) is 2. The highest BCUT2D eigenvalue weighted by molar-refractivity contribution is 6.00. The molecule has 1 aliphatic rings. The van der Waals surface area contributed by atoms with Crippen molar-refractivity contribution in [1.29, 1.82) is 0 Å². The molecular weight excluding hydrogens is 453 g/mol. The van der Waals surface area contributed by atoms with Gasteiger partial charge in [0.15, 0.2) is 23.1 Å². The van der Waals surface area contributed by atoms with Crippen molar-refractivity contribution in [3.05, 3.63) is 65.6 Å². The Kier molecular flexibility index (Phi) is 7.39. The molecule has 3 aromatic rings. The van der Waals surface area contributed by atoms with Gasteiger partial charge in [0.1, 0.15) is 0 Å². The third-order valence-corrected chi connectivity index (χ3v) is 5.72. The van der Waals surface area contributed by atoms with Crippen LogP contribution in [0.4, 0.5) is 21.8 Å². The zero-order valence-corrected chi connectivity index (χ0v) is 19.2. The first-order chi connectivity index (χ1) is 16.9. The highest BCUT2D eigenvalue weighted by Crippen LogP contribution is 2.35. The summed E-state index contributed by atoms with van der Waals surface area (Å²) in [6, 6.07) is 11.3. The average Bonchev–Trinajstić information content (AvgIpc) is 2.87. The number of anilines is 3. The molecule has 4 N–H and O–H groups in total. The van der Waals surface area contributed by atoms with Gasteiger partial charge in [-0.1, -0.05) is 37.5 Å². The lowest BCUT2D eigenvalue weighted by atomic mass is 9.95. The van der Waals surface area contributed by atoms with Crippen LogP contribution in [0, 0.1) is 5.82 Å². The second-order valence-electron chi connectivity index (χ2n) is 8.16. The molecule has 1 heterocycles. The molecule has 0 bridgehead atoms. The first-order valence-electron chi connectivity index (χ1n) is 11.3. The number of hydrogen-bond donors (Lipinski definition) is 3. The van der Waals surface area contributed by atoms with Crippen LogP contribution in [-0.4, -0.2) is 35.0 Å². The van der Waals surface area contributed by atoms with Crippen molar-refractivity contribution >= 4 is 29.3 Å². The van der Waals surface area contributed by atoms with Gasteiger partial charge < -0.3 is 25.8 Å². The molecule has 1 saturated carbocycles. The summed E-state index contributed by atoms with van der Waals surface area (Å²) in [7, 11) is 1.37. The molecule has 1 aromatic heterocycles. The Morgan fingerprint density at radius 1 is 1.09 bits per heavy atom. The van der Waals surface area contributed by atoms with Gasteiger partial charge >= 0.3 is 5.97 Å². The molecule has 0 unspecified atom stereocenters. The zero-order valence-electron chi connectivity index (χ0n) is 19.2. The van der Waals surface area contributed by atoms with E-state index < -0.39 is 17.7 Å². The van der Waals surface area contributed by atoms with Crippen LogP contribution in [0.15, 0.2) is 48.7 Å². The normalized spacial score (nSPS) is 13.7. The predicted molar refractivity (Wildman–Crippen MR) is 129 cm³/mol. The Morgan fingerprint density at radius 2 is 1.83 bits per heavy atom. The van der Waals surface area contributed by atoms with E-state index in [1.54, 1.807) is 30.3 Å². The van der Waals surface area contributed by atoms with Crippen LogP contribution in [0.2, 0.25) is 0 Å². The summed E-state index contributed by atoms with van der Waals surface area (Å²) in [6.45, 7) is 0. The van der Waals surface area contributed by atoms with E-state index in [0.29, 0.717) is 5.56 Å². The third-order valence-electron chi connectivity index (χ3n) is 5.72. The molecule has 0 aliphatic heterocycles. The van der Waals surface area contributed by atoms with Crippen molar-refractivity contribution in [2.24, 2.45) is 5.73 Å². The lowest BCUT2D eigenvalue weighted by Crippen LogP contribution is -2.23. The van der Waals surface area contributed by atoms with Crippen molar-refractivity contribution in [1.82, 2.24) is 9.97 Å². The Bertz CT molecular complexity index is 1220. The average molecular weight is 480 g/mol. The molecule has 0 atom stereocenters. The van der Waals surface area contributed by atoms with Crippen LogP contribution in [0.5, 0.6) is 11.5 Å². The van der Waals surface area contributed by atoms with E-state index >= 15 is 0 Å². The maximum atomic E-state index is 14.4. The molecule has 0 spiro atoms. The Labute approximate surface area is 201 Å². The fourth-order valence-electron chi connectivity index (χ4n) is 3.93. The second-order valence-corrected chi connectivity index (χ2v) is 8.16. The van der Waals surface area contributed by atoms with Gasteiger partial charge in [-0.05, 0) is 31.0 Å². The van der Waals surface area contributed by atoms with E-state index in [-0.39, 0.29) is 40.6 Å². The summed E-state index contributed by atoms with van der Waals surface area (Å²) in [5.74, 6) is -1.65. The predicted octanol–water partition coefficient (Wildman–Crippen LogP) is 4.43. The van der Waals surface area contributed by atoms with Gasteiger partial charge in [0.25, 0.3) is 5.91 Å². The first kappa shape index (κ1) is 23.9. The quantitative estimate of drug-likeness (QED) is 0.320. The SMILES string of the molecule is COc1cc(C(N)=O)c(Nc2ncc(F)c(NC3CCCCC3)n2)cc1OC(=O)c1ccccc1. The van der Waals surface area contributed by atoms with Crippen LogP contribution in [0.1, 0.15) is 52.8 Å². The van der Waals surface area contributed by atoms with Crippen LogP contribution in [-0.2, 0) is 0 Å². The van der Waals surface area contributed by atoms with Gasteiger partial charge in [0.2, 0.25) is 5.95 Å². The number of amides is 1. The maximum Gasteiger partial charge on any atom is 0.343 e. The van der Waals surface area contributed by atoms with E-state index in [9.17, 15) is 14.0 Å². The summed E-state index contributed by atoms with van der Waals surface area (Å²) < 4.78 is 25.2. The van der Waals surface area contributed by atoms with Gasteiger partial charge in [-0.3, -0.25) is 4.79 Å². The minimum Gasteiger partial charge on any atom is -0.493 e. The highest BCUT2D eigenvalue weighted by Gasteiger charge is 2.20. The molecule has 2 aromatic carbocycles. The van der Waals surface area contributed by atoms with E-state index in [2.05, 4.69) is 20.6 Å². The molecule has 1 amide bonds. The molecule has 1 fully saturated rings. The number of carbonyl (C=O) groups is 2. The molecule has 35 heavy (non-hydrogen) atoms. The number of hydrogen-bond acceptors (Lipinski definition) is 8. The van der Waals surface area contributed by atoms with E-state index in [4.69, 9.17) is 15.2 Å². The number of nitrogens with two attached hydrogens (primary N) is 1. The molecule has 0 radical (unpaired) electrons. The summed E-state index contributed by atoms with van der Waals surface area (Å²) in [6.07, 6.45) is 6.24. The lowest BCUT2D eigenvalue weighted by molar-refractivity contribution is 0.0730.